The molecule has 1 fully saturated rings. The minimum Gasteiger partial charge on any atom is -0.391 e. The molecule has 14 nitrogen and oxygen atoms in total. The van der Waals surface area contributed by atoms with Gasteiger partial charge in [-0.15, -0.1) is 0 Å². The van der Waals surface area contributed by atoms with E-state index in [-0.39, 0.29) is 6.54 Å². The Morgan fingerprint density at radius 2 is 1.19 bits per heavy atom. The molecule has 15 heteroatoms. The van der Waals surface area contributed by atoms with Crippen LogP contribution in [0, 0.1) is 0 Å². The van der Waals surface area contributed by atoms with Gasteiger partial charge >= 0.3 is 10.4 Å². The Balaban J connectivity index is 2.25. The largest absolute Gasteiger partial charge is 0.397 e. The van der Waals surface area contributed by atoms with Crippen LogP contribution < -0.4 is 5.32 Å². The van der Waals surface area contributed by atoms with Crippen LogP contribution in [0.5, 0.6) is 0 Å². The van der Waals surface area contributed by atoms with E-state index in [1.165, 1.54) is 96.8 Å². The number of carbonyl (C=O) groups is 1. The molecule has 280 valence electrons. The number of ether oxygens (including phenoxy) is 2. The summed E-state index contributed by atoms with van der Waals surface area (Å²) in [4.78, 5) is 12.5. The lowest BCUT2D eigenvalue weighted by Crippen LogP contribution is -2.61. The molecule has 0 aromatic rings. The van der Waals surface area contributed by atoms with Crippen LogP contribution in [-0.4, -0.2) is 118 Å². The predicted octanol–water partition coefficient (Wildman–Crippen LogP) is 2.26. The highest BCUT2D eigenvalue weighted by Gasteiger charge is 2.47. The number of amides is 1. The highest BCUT2D eigenvalue weighted by atomic mass is 32.3. The van der Waals surface area contributed by atoms with Gasteiger partial charge in [-0.25, -0.2) is 4.18 Å². The molecule has 0 bridgehead atoms. The Labute approximate surface area is 281 Å². The van der Waals surface area contributed by atoms with Crippen molar-refractivity contribution in [3.8, 4) is 0 Å². The third-order valence-corrected chi connectivity index (χ3v) is 9.01. The molecule has 0 aliphatic carbocycles. The maximum absolute atomic E-state index is 12.5. The van der Waals surface area contributed by atoms with Crippen molar-refractivity contribution in [2.24, 2.45) is 0 Å². The molecular weight excluding hydrogens is 638 g/mol. The van der Waals surface area contributed by atoms with Gasteiger partial charge in [0.1, 0.15) is 36.6 Å². The Kier molecular flexibility index (Phi) is 23.5. The quantitative estimate of drug-likeness (QED) is 0.0433. The van der Waals surface area contributed by atoms with E-state index < -0.39 is 78.0 Å². The van der Waals surface area contributed by atoms with Crippen molar-refractivity contribution in [1.82, 2.24) is 5.32 Å². The van der Waals surface area contributed by atoms with Crippen LogP contribution in [0.15, 0.2) is 0 Å². The van der Waals surface area contributed by atoms with Gasteiger partial charge in [-0.05, 0) is 13.3 Å². The number of aliphatic hydroxyl groups is 6. The lowest BCUT2D eigenvalue weighted by atomic mass is 9.98. The zero-order valence-electron chi connectivity index (χ0n) is 28.3. The van der Waals surface area contributed by atoms with Crippen LogP contribution in [0.3, 0.4) is 0 Å². The highest BCUT2D eigenvalue weighted by Crippen LogP contribution is 2.26. The van der Waals surface area contributed by atoms with Gasteiger partial charge in [0, 0.05) is 6.54 Å². The van der Waals surface area contributed by atoms with E-state index in [2.05, 4.69) is 16.4 Å². The van der Waals surface area contributed by atoms with E-state index in [1.54, 1.807) is 0 Å². The first-order valence-corrected chi connectivity index (χ1v) is 19.0. The first-order chi connectivity index (χ1) is 22.3. The fourth-order valence-corrected chi connectivity index (χ4v) is 5.94. The third kappa shape index (κ3) is 19.1. The molecule has 8 N–H and O–H groups in total. The Morgan fingerprint density at radius 1 is 0.745 bits per heavy atom. The van der Waals surface area contributed by atoms with Gasteiger partial charge in [0.2, 0.25) is 0 Å². The SMILES string of the molecule is CCCCCCCCCCCCCCCCCCCCNC(=O)[C@H](O)[C@@H](O)[C@H](O[C@H]1OC(COS(=O)(=O)O)[C@@H](O)[C@H](O)C1O)[C@@H](C)O. The molecule has 47 heavy (non-hydrogen) atoms. The molecule has 1 saturated heterocycles. The highest BCUT2D eigenvalue weighted by molar-refractivity contribution is 7.80. The number of aliphatic hydroxyl groups excluding tert-OH is 6. The zero-order valence-corrected chi connectivity index (χ0v) is 29.1. The Bertz CT molecular complexity index is 909. The Hall–Kier alpha value is -0.980. The number of rotatable bonds is 28. The van der Waals surface area contributed by atoms with E-state index in [0.29, 0.717) is 6.42 Å². The molecule has 0 aromatic carbocycles. The van der Waals surface area contributed by atoms with Crippen LogP contribution >= 0.6 is 0 Å². The fraction of sp³-hybridized carbons (Fsp3) is 0.969. The minimum atomic E-state index is -4.93. The fourth-order valence-electron chi connectivity index (χ4n) is 5.63. The average Bonchev–Trinajstić information content (AvgIpc) is 3.02. The molecule has 0 radical (unpaired) electrons. The first-order valence-electron chi connectivity index (χ1n) is 17.6. The lowest BCUT2D eigenvalue weighted by Gasteiger charge is -2.42. The molecular formula is C32H63NO13S. The van der Waals surface area contributed by atoms with Crippen molar-refractivity contribution in [2.45, 2.75) is 185 Å². The summed E-state index contributed by atoms with van der Waals surface area (Å²) in [5.74, 6) is -0.904. The van der Waals surface area contributed by atoms with Crippen molar-refractivity contribution in [3.05, 3.63) is 0 Å². The predicted molar refractivity (Wildman–Crippen MR) is 175 cm³/mol. The number of unbranched alkanes of at least 4 members (excludes halogenated alkanes) is 17. The van der Waals surface area contributed by atoms with Crippen molar-refractivity contribution < 1.29 is 62.1 Å². The van der Waals surface area contributed by atoms with Crippen LogP contribution in [0.2, 0.25) is 0 Å². The van der Waals surface area contributed by atoms with Gasteiger partial charge < -0.3 is 45.4 Å². The van der Waals surface area contributed by atoms with Crippen molar-refractivity contribution in [3.63, 3.8) is 0 Å². The third-order valence-electron chi connectivity index (χ3n) is 8.57. The second-order valence-electron chi connectivity index (χ2n) is 12.8. The molecule has 0 aromatic heterocycles. The second-order valence-corrected chi connectivity index (χ2v) is 13.9. The van der Waals surface area contributed by atoms with Crippen LogP contribution in [0.25, 0.3) is 0 Å². The maximum atomic E-state index is 12.5. The number of nitrogens with one attached hydrogen (secondary N) is 1. The molecule has 1 rings (SSSR count). The summed E-state index contributed by atoms with van der Waals surface area (Å²) >= 11 is 0. The minimum absolute atomic E-state index is 0.269. The van der Waals surface area contributed by atoms with E-state index in [1.807, 2.05) is 0 Å². The second kappa shape index (κ2) is 25.0. The van der Waals surface area contributed by atoms with Gasteiger partial charge in [-0.2, -0.15) is 8.42 Å². The summed E-state index contributed by atoms with van der Waals surface area (Å²) in [6, 6.07) is 0. The summed E-state index contributed by atoms with van der Waals surface area (Å²) in [6.45, 7) is 2.73. The monoisotopic (exact) mass is 701 g/mol. The molecule has 0 saturated carbocycles. The number of carbonyl (C=O) groups excluding carboxylic acids is 1. The van der Waals surface area contributed by atoms with E-state index in [9.17, 15) is 43.9 Å². The lowest BCUT2D eigenvalue weighted by molar-refractivity contribution is -0.324. The Morgan fingerprint density at radius 3 is 1.62 bits per heavy atom. The van der Waals surface area contributed by atoms with E-state index in [4.69, 9.17) is 14.0 Å². The first kappa shape index (κ1) is 44.0. The topological polar surface area (TPSA) is 233 Å². The summed E-state index contributed by atoms with van der Waals surface area (Å²) in [7, 11) is -4.93. The van der Waals surface area contributed by atoms with Crippen LogP contribution in [-0.2, 0) is 28.9 Å². The van der Waals surface area contributed by atoms with Gasteiger partial charge in [0.05, 0.1) is 12.7 Å². The molecule has 1 amide bonds. The van der Waals surface area contributed by atoms with Gasteiger partial charge in [0.25, 0.3) is 5.91 Å². The number of hydrogen-bond acceptors (Lipinski definition) is 12. The molecule has 2 unspecified atom stereocenters. The maximum Gasteiger partial charge on any atom is 0.397 e. The van der Waals surface area contributed by atoms with Crippen molar-refractivity contribution in [1.29, 1.82) is 0 Å². The molecule has 1 heterocycles. The van der Waals surface area contributed by atoms with E-state index in [0.717, 1.165) is 19.3 Å². The number of hydrogen-bond donors (Lipinski definition) is 8. The summed E-state index contributed by atoms with van der Waals surface area (Å²) < 4.78 is 45.3. The normalized spacial score (nSPS) is 24.5. The average molecular weight is 702 g/mol. The summed E-state index contributed by atoms with van der Waals surface area (Å²) in [5.41, 5.74) is 0. The van der Waals surface area contributed by atoms with E-state index >= 15 is 0 Å². The van der Waals surface area contributed by atoms with Crippen LogP contribution in [0.4, 0.5) is 0 Å². The molecule has 9 atom stereocenters. The van der Waals surface area contributed by atoms with Gasteiger partial charge in [-0.3, -0.25) is 9.35 Å². The zero-order chi connectivity index (χ0) is 35.2. The van der Waals surface area contributed by atoms with Crippen molar-refractivity contribution in [2.75, 3.05) is 13.2 Å². The summed E-state index contributed by atoms with van der Waals surface area (Å²) in [5, 5.41) is 64.1. The molecule has 1 aliphatic heterocycles. The summed E-state index contributed by atoms with van der Waals surface area (Å²) in [6.07, 6.45) is 5.80. The molecule has 1 aliphatic rings. The van der Waals surface area contributed by atoms with Gasteiger partial charge in [-0.1, -0.05) is 116 Å². The molecule has 0 spiro atoms. The van der Waals surface area contributed by atoms with Gasteiger partial charge in [0.15, 0.2) is 12.4 Å². The van der Waals surface area contributed by atoms with Crippen molar-refractivity contribution >= 4 is 16.3 Å². The smallest absolute Gasteiger partial charge is 0.391 e. The van der Waals surface area contributed by atoms with Crippen LogP contribution in [0.1, 0.15) is 129 Å². The standard InChI is InChI=1S/C32H63NO13S/c1-3-4-5-6-7-8-9-10-11-12-13-14-15-16-17-18-19-20-21-33-31(40)28(38)27(37)30(23(2)34)46-32-29(39)26(36)25(35)24(45-32)22-44-47(41,42)43/h23-30,32,34-39H,3-22H2,1-2H3,(H,33,40)(H,41,42,43)/t23-,24?,25-,26+,27-,28-,29?,30-,32-/m1/s1.